The number of hydrogen-bond donors (Lipinski definition) is 1. The van der Waals surface area contributed by atoms with Gasteiger partial charge >= 0.3 is 5.97 Å². The van der Waals surface area contributed by atoms with E-state index in [9.17, 15) is 4.79 Å². The molecule has 0 bridgehead atoms. The van der Waals surface area contributed by atoms with Crippen LogP contribution in [0, 0.1) is 5.92 Å². The van der Waals surface area contributed by atoms with E-state index in [0.717, 1.165) is 31.3 Å². The van der Waals surface area contributed by atoms with Crippen molar-refractivity contribution in [1.29, 1.82) is 0 Å². The molecule has 1 unspecified atom stereocenters. The van der Waals surface area contributed by atoms with Crippen molar-refractivity contribution in [3.8, 4) is 0 Å². The minimum absolute atomic E-state index is 0.192. The molecule has 0 amide bonds. The fourth-order valence-corrected chi connectivity index (χ4v) is 5.02. The van der Waals surface area contributed by atoms with Crippen LogP contribution < -0.4 is 5.32 Å². The van der Waals surface area contributed by atoms with Crippen LogP contribution in [0.15, 0.2) is 4.99 Å². The van der Waals surface area contributed by atoms with Gasteiger partial charge in [0, 0.05) is 30.1 Å². The van der Waals surface area contributed by atoms with Gasteiger partial charge in [-0.25, -0.2) is 0 Å². The summed E-state index contributed by atoms with van der Waals surface area (Å²) in [5.41, 5.74) is 0. The van der Waals surface area contributed by atoms with Crippen LogP contribution in [0.5, 0.6) is 0 Å². The zero-order valence-electron chi connectivity index (χ0n) is 14.8. The van der Waals surface area contributed by atoms with Gasteiger partial charge in [-0.1, -0.05) is 26.2 Å². The lowest BCUT2D eigenvalue weighted by atomic mass is 9.87. The van der Waals surface area contributed by atoms with Crippen molar-refractivity contribution in [3.63, 3.8) is 0 Å². The van der Waals surface area contributed by atoms with Crippen LogP contribution in [0.3, 0.4) is 0 Å². The average Bonchev–Trinajstić information content (AvgIpc) is 2.58. The van der Waals surface area contributed by atoms with Gasteiger partial charge in [0.05, 0.1) is 19.6 Å². The highest BCUT2D eigenvalue weighted by atomic mass is 32.2. The van der Waals surface area contributed by atoms with Crippen LogP contribution >= 0.6 is 11.8 Å². The maximum Gasteiger partial charge on any atom is 0.310 e. The van der Waals surface area contributed by atoms with E-state index in [1.807, 2.05) is 6.92 Å². The Bertz CT molecular complexity index is 417. The van der Waals surface area contributed by atoms with E-state index < -0.39 is 0 Å². The summed E-state index contributed by atoms with van der Waals surface area (Å²) in [6, 6.07) is 0. The summed E-state index contributed by atoms with van der Waals surface area (Å²) >= 11 is 2.16. The van der Waals surface area contributed by atoms with Crippen molar-refractivity contribution in [2.75, 3.05) is 39.0 Å². The monoisotopic (exact) mass is 341 g/mol. The Morgan fingerprint density at radius 2 is 2.13 bits per heavy atom. The molecule has 0 aromatic rings. The quantitative estimate of drug-likeness (QED) is 0.484. The molecule has 2 fully saturated rings. The molecule has 2 rings (SSSR count). The summed E-state index contributed by atoms with van der Waals surface area (Å²) < 4.78 is 5.21. The van der Waals surface area contributed by atoms with Gasteiger partial charge in [0.1, 0.15) is 0 Å². The van der Waals surface area contributed by atoms with Crippen LogP contribution in [0.4, 0.5) is 0 Å². The first-order chi connectivity index (χ1) is 11.1. The number of guanidine groups is 1. The summed E-state index contributed by atoms with van der Waals surface area (Å²) in [7, 11) is 1.43. The third kappa shape index (κ3) is 5.03. The molecule has 1 heterocycles. The molecular formula is C17H31N3O2S. The number of methoxy groups -OCH3 is 1. The third-order valence-corrected chi connectivity index (χ3v) is 6.30. The summed E-state index contributed by atoms with van der Waals surface area (Å²) in [4.78, 5) is 18.7. The highest BCUT2D eigenvalue weighted by molar-refractivity contribution is 8.00. The second-order valence-corrected chi connectivity index (χ2v) is 8.20. The highest BCUT2D eigenvalue weighted by Gasteiger charge is 2.38. The first-order valence-electron chi connectivity index (χ1n) is 8.85. The van der Waals surface area contributed by atoms with Crippen LogP contribution in [-0.4, -0.2) is 60.6 Å². The van der Waals surface area contributed by atoms with Crippen molar-refractivity contribution < 1.29 is 9.53 Å². The van der Waals surface area contributed by atoms with Crippen LogP contribution in [0.1, 0.15) is 46.0 Å². The van der Waals surface area contributed by atoms with Gasteiger partial charge in [-0.3, -0.25) is 9.79 Å². The number of nitrogens with zero attached hydrogens (tertiary/aromatic N) is 2. The highest BCUT2D eigenvalue weighted by Crippen LogP contribution is 2.42. The maximum absolute atomic E-state index is 11.6. The van der Waals surface area contributed by atoms with E-state index in [1.165, 1.54) is 39.2 Å². The number of aliphatic imine (C=N–C) groups is 1. The Hall–Kier alpha value is -0.910. The molecule has 0 aromatic heterocycles. The lowest BCUT2D eigenvalue weighted by molar-refractivity contribution is -0.144. The number of rotatable bonds is 4. The second kappa shape index (κ2) is 8.81. The number of carbonyl (C=O) groups is 1. The molecule has 0 radical (unpaired) electrons. The first kappa shape index (κ1) is 18.4. The standard InChI is InChI=1S/C17H31N3O2S/c1-4-18-16(19-12-14(2)15(21)22-3)20-10-11-23-17(13-20)8-6-5-7-9-17/h14H,4-13H2,1-3H3,(H,18,19). The van der Waals surface area contributed by atoms with Gasteiger partial charge in [0.15, 0.2) is 5.96 Å². The van der Waals surface area contributed by atoms with Crippen molar-refractivity contribution >= 4 is 23.7 Å². The number of hydrogen-bond acceptors (Lipinski definition) is 4. The first-order valence-corrected chi connectivity index (χ1v) is 9.84. The van der Waals surface area contributed by atoms with E-state index in [-0.39, 0.29) is 11.9 Å². The Labute approximate surface area is 144 Å². The van der Waals surface area contributed by atoms with Gasteiger partial charge in [-0.15, -0.1) is 0 Å². The zero-order chi connectivity index (χ0) is 16.7. The SMILES string of the molecule is CCNC(=NCC(C)C(=O)OC)N1CCSC2(CCCCC2)C1. The topological polar surface area (TPSA) is 53.9 Å². The molecule has 132 valence electrons. The molecule has 1 saturated carbocycles. The van der Waals surface area contributed by atoms with Gasteiger partial charge in [0.2, 0.25) is 0 Å². The Morgan fingerprint density at radius 3 is 2.78 bits per heavy atom. The van der Waals surface area contributed by atoms with E-state index in [2.05, 4.69) is 28.9 Å². The molecule has 6 heteroatoms. The summed E-state index contributed by atoms with van der Waals surface area (Å²) in [6.45, 7) is 7.40. The molecule has 2 aliphatic rings. The number of carbonyl (C=O) groups excluding carboxylic acids is 1. The van der Waals surface area contributed by atoms with Gasteiger partial charge in [-0.2, -0.15) is 11.8 Å². The maximum atomic E-state index is 11.6. The number of ether oxygens (including phenoxy) is 1. The number of thioether (sulfide) groups is 1. The lowest BCUT2D eigenvalue weighted by Gasteiger charge is -2.45. The predicted molar refractivity (Wildman–Crippen MR) is 97.0 cm³/mol. The third-order valence-electron chi connectivity index (χ3n) is 4.77. The van der Waals surface area contributed by atoms with Crippen molar-refractivity contribution in [2.45, 2.75) is 50.7 Å². The Morgan fingerprint density at radius 1 is 1.39 bits per heavy atom. The fourth-order valence-electron chi connectivity index (χ4n) is 3.45. The Balaban J connectivity index is 2.02. The van der Waals surface area contributed by atoms with Gasteiger partial charge in [0.25, 0.3) is 0 Å². The minimum Gasteiger partial charge on any atom is -0.469 e. The largest absolute Gasteiger partial charge is 0.469 e. The molecule has 1 aliphatic heterocycles. The van der Waals surface area contributed by atoms with Gasteiger partial charge in [-0.05, 0) is 19.8 Å². The smallest absolute Gasteiger partial charge is 0.310 e. The average molecular weight is 342 g/mol. The van der Waals surface area contributed by atoms with E-state index in [1.54, 1.807) is 0 Å². The lowest BCUT2D eigenvalue weighted by Crippen LogP contribution is -2.53. The number of esters is 1. The predicted octanol–water partition coefficient (Wildman–Crippen LogP) is 2.51. The van der Waals surface area contributed by atoms with Crippen molar-refractivity contribution in [2.24, 2.45) is 10.9 Å². The molecule has 1 saturated heterocycles. The second-order valence-electron chi connectivity index (χ2n) is 6.63. The molecule has 5 nitrogen and oxygen atoms in total. The minimum atomic E-state index is -0.198. The molecule has 0 aromatic carbocycles. The number of nitrogens with one attached hydrogen (secondary N) is 1. The van der Waals surface area contributed by atoms with Crippen LogP contribution in [0.2, 0.25) is 0 Å². The summed E-state index contributed by atoms with van der Waals surface area (Å²) in [6.07, 6.45) is 6.74. The molecule has 1 aliphatic carbocycles. The molecule has 1 N–H and O–H groups in total. The molecule has 23 heavy (non-hydrogen) atoms. The molecule has 1 spiro atoms. The van der Waals surface area contributed by atoms with E-state index >= 15 is 0 Å². The molecular weight excluding hydrogens is 310 g/mol. The normalized spacial score (nSPS) is 22.7. The molecule has 1 atom stereocenters. The van der Waals surface area contributed by atoms with Crippen molar-refractivity contribution in [1.82, 2.24) is 10.2 Å². The summed E-state index contributed by atoms with van der Waals surface area (Å²) in [5.74, 6) is 1.73. The Kier molecular flexibility index (Phi) is 7.06. The zero-order valence-corrected chi connectivity index (χ0v) is 15.6. The van der Waals surface area contributed by atoms with Crippen molar-refractivity contribution in [3.05, 3.63) is 0 Å². The van der Waals surface area contributed by atoms with E-state index in [0.29, 0.717) is 11.3 Å². The van der Waals surface area contributed by atoms with Crippen LogP contribution in [-0.2, 0) is 9.53 Å². The fraction of sp³-hybridized carbons (Fsp3) is 0.882. The van der Waals surface area contributed by atoms with Crippen LogP contribution in [0.25, 0.3) is 0 Å². The van der Waals surface area contributed by atoms with Gasteiger partial charge < -0.3 is 15.0 Å². The van der Waals surface area contributed by atoms with E-state index in [4.69, 9.17) is 9.73 Å². The summed E-state index contributed by atoms with van der Waals surface area (Å²) in [5, 5.41) is 3.40.